The van der Waals surface area contributed by atoms with Crippen LogP contribution in [0.4, 0.5) is 0 Å². The standard InChI is InChI=1S/C21H28N6OS/c1-3-19-9-20(21(29-19)5-7-28)16-4-6-26(15(2)8-16)12-17-13-27(25-24-17)18-10-22-14-23-11-18/h9-11,13-16,28H,3-8,12H2,1-2H3/t15-,16?/m0/s1. The van der Waals surface area contributed by atoms with E-state index in [2.05, 4.69) is 45.1 Å². The number of likely N-dealkylation sites (tertiary alicyclic amines) is 1. The Morgan fingerprint density at radius 3 is 2.83 bits per heavy atom. The minimum Gasteiger partial charge on any atom is -0.396 e. The van der Waals surface area contributed by atoms with Gasteiger partial charge in [0, 0.05) is 35.4 Å². The molecular weight excluding hydrogens is 384 g/mol. The van der Waals surface area contributed by atoms with E-state index in [-0.39, 0.29) is 6.61 Å². The lowest BCUT2D eigenvalue weighted by Crippen LogP contribution is -2.39. The van der Waals surface area contributed by atoms with Crippen LogP contribution in [0.1, 0.15) is 53.6 Å². The van der Waals surface area contributed by atoms with E-state index in [9.17, 15) is 5.11 Å². The molecule has 0 aliphatic carbocycles. The summed E-state index contributed by atoms with van der Waals surface area (Å²) in [5.74, 6) is 0.580. The lowest BCUT2D eigenvalue weighted by atomic mass is 9.85. The Labute approximate surface area is 175 Å². The molecule has 1 aliphatic heterocycles. The number of hydrogen-bond acceptors (Lipinski definition) is 7. The number of nitrogens with zero attached hydrogens (tertiary/aromatic N) is 6. The average Bonchev–Trinajstić information content (AvgIpc) is 3.38. The molecule has 0 amide bonds. The fourth-order valence-electron chi connectivity index (χ4n) is 4.17. The van der Waals surface area contributed by atoms with Crippen LogP contribution < -0.4 is 0 Å². The van der Waals surface area contributed by atoms with E-state index in [1.807, 2.05) is 17.5 Å². The van der Waals surface area contributed by atoms with Crippen molar-refractivity contribution < 1.29 is 5.11 Å². The molecular formula is C21H28N6OS. The molecule has 4 rings (SSSR count). The highest BCUT2D eigenvalue weighted by Crippen LogP contribution is 2.38. The van der Waals surface area contributed by atoms with E-state index < -0.39 is 0 Å². The topological polar surface area (TPSA) is 80.0 Å². The van der Waals surface area contributed by atoms with E-state index in [4.69, 9.17) is 0 Å². The van der Waals surface area contributed by atoms with Gasteiger partial charge in [0.15, 0.2) is 0 Å². The van der Waals surface area contributed by atoms with Crippen LogP contribution in [0.3, 0.4) is 0 Å². The fraction of sp³-hybridized carbons (Fsp3) is 0.524. The van der Waals surface area contributed by atoms with Crippen LogP contribution >= 0.6 is 11.3 Å². The second kappa shape index (κ2) is 9.11. The molecule has 4 heterocycles. The molecule has 8 heteroatoms. The number of aliphatic hydroxyl groups excluding tert-OH is 1. The van der Waals surface area contributed by atoms with Crippen molar-refractivity contribution in [1.29, 1.82) is 0 Å². The Morgan fingerprint density at radius 2 is 2.10 bits per heavy atom. The van der Waals surface area contributed by atoms with Crippen molar-refractivity contribution in [1.82, 2.24) is 29.9 Å². The zero-order valence-corrected chi connectivity index (χ0v) is 17.8. The van der Waals surface area contributed by atoms with Gasteiger partial charge in [-0.1, -0.05) is 12.1 Å². The summed E-state index contributed by atoms with van der Waals surface area (Å²) >= 11 is 1.88. The molecule has 1 fully saturated rings. The molecule has 29 heavy (non-hydrogen) atoms. The molecule has 0 aromatic carbocycles. The highest BCUT2D eigenvalue weighted by molar-refractivity contribution is 7.12. The van der Waals surface area contributed by atoms with Gasteiger partial charge >= 0.3 is 0 Å². The van der Waals surface area contributed by atoms with E-state index in [1.54, 1.807) is 17.1 Å². The van der Waals surface area contributed by atoms with Crippen molar-refractivity contribution in [2.45, 2.75) is 58.0 Å². The molecule has 1 saturated heterocycles. The monoisotopic (exact) mass is 412 g/mol. The predicted molar refractivity (Wildman–Crippen MR) is 113 cm³/mol. The van der Waals surface area contributed by atoms with Gasteiger partial charge in [-0.15, -0.1) is 16.4 Å². The van der Waals surface area contributed by atoms with E-state index >= 15 is 0 Å². The quantitative estimate of drug-likeness (QED) is 0.643. The molecule has 7 nitrogen and oxygen atoms in total. The number of piperidine rings is 1. The van der Waals surface area contributed by atoms with Crippen molar-refractivity contribution >= 4 is 11.3 Å². The predicted octanol–water partition coefficient (Wildman–Crippen LogP) is 2.98. The molecule has 3 aromatic heterocycles. The number of aryl methyl sites for hydroxylation is 1. The lowest BCUT2D eigenvalue weighted by Gasteiger charge is -2.37. The highest BCUT2D eigenvalue weighted by Gasteiger charge is 2.29. The molecule has 0 bridgehead atoms. The van der Waals surface area contributed by atoms with Crippen LogP contribution in [0, 0.1) is 0 Å². The van der Waals surface area contributed by atoms with Crippen LogP contribution in [0.5, 0.6) is 0 Å². The molecule has 1 N–H and O–H groups in total. The molecule has 0 spiro atoms. The third-order valence-electron chi connectivity index (χ3n) is 5.75. The number of hydrogen-bond donors (Lipinski definition) is 1. The first kappa shape index (κ1) is 20.1. The summed E-state index contributed by atoms with van der Waals surface area (Å²) in [6.07, 6.45) is 11.1. The van der Waals surface area contributed by atoms with Crippen molar-refractivity contribution in [2.75, 3.05) is 13.2 Å². The summed E-state index contributed by atoms with van der Waals surface area (Å²) in [4.78, 5) is 13.4. The zero-order chi connectivity index (χ0) is 20.2. The van der Waals surface area contributed by atoms with Crippen LogP contribution in [-0.2, 0) is 19.4 Å². The molecule has 0 saturated carbocycles. The van der Waals surface area contributed by atoms with Crippen LogP contribution in [0.25, 0.3) is 5.69 Å². The molecule has 2 atom stereocenters. The van der Waals surface area contributed by atoms with Gasteiger partial charge in [0.05, 0.1) is 24.3 Å². The maximum atomic E-state index is 9.44. The maximum absolute atomic E-state index is 9.44. The van der Waals surface area contributed by atoms with Crippen molar-refractivity contribution in [3.63, 3.8) is 0 Å². The molecule has 3 aromatic rings. The normalized spacial score (nSPS) is 20.2. The van der Waals surface area contributed by atoms with Gasteiger partial charge in [0.2, 0.25) is 0 Å². The third kappa shape index (κ3) is 4.55. The number of aromatic nitrogens is 5. The van der Waals surface area contributed by atoms with Gasteiger partial charge in [-0.05, 0) is 50.3 Å². The van der Waals surface area contributed by atoms with Gasteiger partial charge in [0.25, 0.3) is 0 Å². The SMILES string of the molecule is CCc1cc(C2CCN(Cc3cn(-c4cncnc4)nn3)[C@@H](C)C2)c(CCO)s1. The van der Waals surface area contributed by atoms with Gasteiger partial charge < -0.3 is 5.11 Å². The fourth-order valence-corrected chi connectivity index (χ4v) is 5.35. The Balaban J connectivity index is 1.41. The van der Waals surface area contributed by atoms with Crippen molar-refractivity contribution in [2.24, 2.45) is 0 Å². The summed E-state index contributed by atoms with van der Waals surface area (Å²) in [6.45, 7) is 6.59. The summed E-state index contributed by atoms with van der Waals surface area (Å²) in [6, 6.07) is 2.86. The molecule has 1 aliphatic rings. The lowest BCUT2D eigenvalue weighted by molar-refractivity contribution is 0.137. The Bertz CT molecular complexity index is 924. The van der Waals surface area contributed by atoms with Crippen LogP contribution in [0.15, 0.2) is 31.0 Å². The summed E-state index contributed by atoms with van der Waals surface area (Å²) in [5.41, 5.74) is 3.25. The van der Waals surface area contributed by atoms with Gasteiger partial charge in [-0.25, -0.2) is 14.6 Å². The maximum Gasteiger partial charge on any atom is 0.115 e. The first-order chi connectivity index (χ1) is 14.2. The van der Waals surface area contributed by atoms with E-state index in [0.29, 0.717) is 12.0 Å². The zero-order valence-electron chi connectivity index (χ0n) is 17.0. The average molecular weight is 413 g/mol. The second-order valence-electron chi connectivity index (χ2n) is 7.71. The highest BCUT2D eigenvalue weighted by atomic mass is 32.1. The van der Waals surface area contributed by atoms with Gasteiger partial charge in [-0.3, -0.25) is 4.90 Å². The largest absolute Gasteiger partial charge is 0.396 e. The minimum absolute atomic E-state index is 0.229. The van der Waals surface area contributed by atoms with E-state index in [1.165, 1.54) is 21.6 Å². The first-order valence-corrected chi connectivity index (χ1v) is 11.1. The summed E-state index contributed by atoms with van der Waals surface area (Å²) in [5, 5.41) is 18.0. The first-order valence-electron chi connectivity index (χ1n) is 10.3. The van der Waals surface area contributed by atoms with Crippen LogP contribution in [0.2, 0.25) is 0 Å². The minimum atomic E-state index is 0.229. The summed E-state index contributed by atoms with van der Waals surface area (Å²) in [7, 11) is 0. The van der Waals surface area contributed by atoms with Gasteiger partial charge in [-0.2, -0.15) is 0 Å². The Morgan fingerprint density at radius 1 is 1.28 bits per heavy atom. The van der Waals surface area contributed by atoms with E-state index in [0.717, 1.165) is 50.2 Å². The molecule has 1 unspecified atom stereocenters. The number of aliphatic hydroxyl groups is 1. The molecule has 0 radical (unpaired) electrons. The number of thiophene rings is 1. The Hall–Kier alpha value is -2.16. The third-order valence-corrected chi connectivity index (χ3v) is 7.11. The summed E-state index contributed by atoms with van der Waals surface area (Å²) < 4.78 is 1.73. The van der Waals surface area contributed by atoms with Crippen LogP contribution in [-0.4, -0.2) is 54.2 Å². The second-order valence-corrected chi connectivity index (χ2v) is 8.93. The molecule has 154 valence electrons. The smallest absolute Gasteiger partial charge is 0.115 e. The number of rotatable bonds is 7. The Kier molecular flexibility index (Phi) is 6.32. The van der Waals surface area contributed by atoms with Crippen molar-refractivity contribution in [3.05, 3.63) is 52.0 Å². The van der Waals surface area contributed by atoms with Crippen molar-refractivity contribution in [3.8, 4) is 5.69 Å². The van der Waals surface area contributed by atoms with Gasteiger partial charge in [0.1, 0.15) is 12.0 Å².